The number of benzene rings is 1. The monoisotopic (exact) mass is 471 g/mol. The highest BCUT2D eigenvalue weighted by Gasteiger charge is 2.63. The van der Waals surface area contributed by atoms with Crippen molar-refractivity contribution < 1.29 is 32.8 Å². The Bertz CT molecular complexity index is 1270. The van der Waals surface area contributed by atoms with E-state index < -0.39 is 47.1 Å². The van der Waals surface area contributed by atoms with E-state index in [0.717, 1.165) is 12.8 Å². The summed E-state index contributed by atoms with van der Waals surface area (Å²) in [5.41, 5.74) is -1.46. The molecule has 3 unspecified atom stereocenters. The van der Waals surface area contributed by atoms with Crippen LogP contribution in [0.5, 0.6) is 0 Å². The maximum atomic E-state index is 15.9. The number of carbonyl (C=O) groups is 4. The molecule has 6 rings (SSSR count). The summed E-state index contributed by atoms with van der Waals surface area (Å²) >= 11 is 0. The molecule has 34 heavy (non-hydrogen) atoms. The average Bonchev–Trinajstić information content (AvgIpc) is 3.46. The molecule has 0 radical (unpaired) electrons. The molecule has 1 spiro atoms. The fourth-order valence-electron chi connectivity index (χ4n) is 5.59. The molecule has 1 aromatic heterocycles. The molecule has 3 N–H and O–H groups in total. The number of halogens is 1. The lowest BCUT2D eigenvalue weighted by molar-refractivity contribution is -0.153. The summed E-state index contributed by atoms with van der Waals surface area (Å²) in [6.07, 6.45) is 0.580. The Morgan fingerprint density at radius 3 is 2.62 bits per heavy atom. The van der Waals surface area contributed by atoms with E-state index in [1.54, 1.807) is 17.9 Å². The SMILES string of the molecule is CC1CN2c3c(cc4c(C(=O)NC5CC5)noc4c3F)CC3(C(=O)NC(=O)NC3=O)C2C(C)O1. The molecule has 12 heteroatoms. The van der Waals surface area contributed by atoms with Crippen molar-refractivity contribution in [2.75, 3.05) is 11.4 Å². The maximum absolute atomic E-state index is 15.9. The third kappa shape index (κ3) is 2.81. The van der Waals surface area contributed by atoms with Gasteiger partial charge in [0.05, 0.1) is 29.3 Å². The normalized spacial score (nSPS) is 27.8. The van der Waals surface area contributed by atoms with E-state index >= 15 is 4.39 Å². The summed E-state index contributed by atoms with van der Waals surface area (Å²) in [6.45, 7) is 3.72. The standard InChI is InChI=1S/C22H22FN5O6/c1-8-7-28-15-10(5-12-14(18(29)24-11-3-4-11)27-34-16(12)13(15)23)6-22(17(28)9(2)33-8)19(30)25-21(32)26-20(22)31/h5,8-9,11,17H,3-4,6-7H2,1-2H3,(H,24,29)(H2,25,26,30,31,32). The van der Waals surface area contributed by atoms with Crippen LogP contribution in [0.1, 0.15) is 42.7 Å². The fraction of sp³-hybridized carbons (Fsp3) is 0.500. The van der Waals surface area contributed by atoms with Crippen LogP contribution in [0, 0.1) is 11.2 Å². The van der Waals surface area contributed by atoms with Gasteiger partial charge in [-0.1, -0.05) is 5.16 Å². The number of hydrogen-bond acceptors (Lipinski definition) is 8. The van der Waals surface area contributed by atoms with Crippen molar-refractivity contribution in [2.24, 2.45) is 5.41 Å². The number of amides is 5. The van der Waals surface area contributed by atoms with Crippen molar-refractivity contribution in [1.29, 1.82) is 0 Å². The highest BCUT2D eigenvalue weighted by molar-refractivity contribution is 6.20. The molecule has 11 nitrogen and oxygen atoms in total. The largest absolute Gasteiger partial charge is 0.372 e. The van der Waals surface area contributed by atoms with Crippen LogP contribution < -0.4 is 20.9 Å². The van der Waals surface area contributed by atoms with Gasteiger partial charge in [-0.15, -0.1) is 0 Å². The molecule has 3 aliphatic heterocycles. The minimum Gasteiger partial charge on any atom is -0.372 e. The predicted molar refractivity (Wildman–Crippen MR) is 113 cm³/mol. The van der Waals surface area contributed by atoms with Crippen LogP contribution in [-0.2, 0) is 20.7 Å². The van der Waals surface area contributed by atoms with Gasteiger partial charge in [-0.2, -0.15) is 0 Å². The van der Waals surface area contributed by atoms with Crippen LogP contribution >= 0.6 is 0 Å². The highest BCUT2D eigenvalue weighted by atomic mass is 19.1. The molecular formula is C22H22FN5O6. The van der Waals surface area contributed by atoms with Crippen molar-refractivity contribution in [3.63, 3.8) is 0 Å². The molecule has 1 aliphatic carbocycles. The Balaban J connectivity index is 1.55. The van der Waals surface area contributed by atoms with Crippen molar-refractivity contribution in [1.82, 2.24) is 21.1 Å². The number of carbonyl (C=O) groups excluding carboxylic acids is 4. The highest BCUT2D eigenvalue weighted by Crippen LogP contribution is 2.49. The zero-order chi connectivity index (χ0) is 23.9. The molecule has 2 saturated heterocycles. The van der Waals surface area contributed by atoms with Gasteiger partial charge in [-0.3, -0.25) is 25.0 Å². The van der Waals surface area contributed by atoms with Gasteiger partial charge in [0.1, 0.15) is 0 Å². The van der Waals surface area contributed by atoms with Crippen LogP contribution in [0.4, 0.5) is 14.9 Å². The summed E-state index contributed by atoms with van der Waals surface area (Å²) in [4.78, 5) is 52.6. The van der Waals surface area contributed by atoms with Gasteiger partial charge in [0.2, 0.25) is 17.4 Å². The Hall–Kier alpha value is -3.54. The predicted octanol–water partition coefficient (Wildman–Crippen LogP) is 0.750. The number of fused-ring (bicyclic) bond motifs is 5. The average molecular weight is 471 g/mol. The van der Waals surface area contributed by atoms with E-state index in [9.17, 15) is 19.2 Å². The van der Waals surface area contributed by atoms with Crippen molar-refractivity contribution in [3.8, 4) is 0 Å². The third-order valence-corrected chi connectivity index (χ3v) is 7.09. The van der Waals surface area contributed by atoms with Crippen LogP contribution in [0.2, 0.25) is 0 Å². The Labute approximate surface area is 192 Å². The summed E-state index contributed by atoms with van der Waals surface area (Å²) in [7, 11) is 0. The van der Waals surface area contributed by atoms with E-state index in [0.29, 0.717) is 5.56 Å². The number of barbiturate groups is 1. The van der Waals surface area contributed by atoms with Crippen LogP contribution in [0.15, 0.2) is 10.6 Å². The van der Waals surface area contributed by atoms with Gasteiger partial charge in [0, 0.05) is 19.0 Å². The minimum atomic E-state index is -1.74. The number of ether oxygens (including phenoxy) is 1. The minimum absolute atomic E-state index is 0.0591. The first kappa shape index (κ1) is 21.0. The number of morpholine rings is 1. The van der Waals surface area contributed by atoms with Crippen LogP contribution in [0.25, 0.3) is 11.0 Å². The molecule has 2 aromatic rings. The number of nitrogens with one attached hydrogen (secondary N) is 3. The number of anilines is 1. The first-order chi connectivity index (χ1) is 16.2. The number of hydrogen-bond donors (Lipinski definition) is 3. The van der Waals surface area contributed by atoms with Gasteiger partial charge in [0.15, 0.2) is 16.9 Å². The summed E-state index contributed by atoms with van der Waals surface area (Å²) in [5.74, 6) is -2.75. The molecule has 4 heterocycles. The molecule has 5 amide bonds. The second kappa shape index (κ2) is 6.98. The van der Waals surface area contributed by atoms with Crippen LogP contribution in [-0.4, -0.2) is 59.7 Å². The Morgan fingerprint density at radius 2 is 1.94 bits per heavy atom. The zero-order valence-corrected chi connectivity index (χ0v) is 18.4. The van der Waals surface area contributed by atoms with Gasteiger partial charge in [-0.25, -0.2) is 9.18 Å². The van der Waals surface area contributed by atoms with E-state index in [-0.39, 0.29) is 47.5 Å². The zero-order valence-electron chi connectivity index (χ0n) is 18.4. The smallest absolute Gasteiger partial charge is 0.328 e. The van der Waals surface area contributed by atoms with Gasteiger partial charge >= 0.3 is 6.03 Å². The third-order valence-electron chi connectivity index (χ3n) is 7.09. The lowest BCUT2D eigenvalue weighted by Crippen LogP contribution is -2.75. The number of rotatable bonds is 2. The maximum Gasteiger partial charge on any atom is 0.328 e. The lowest BCUT2D eigenvalue weighted by Gasteiger charge is -2.55. The summed E-state index contributed by atoms with van der Waals surface area (Å²) < 4.78 is 27.1. The first-order valence-electron chi connectivity index (χ1n) is 11.2. The molecule has 4 aliphatic rings. The summed E-state index contributed by atoms with van der Waals surface area (Å²) in [5, 5.41) is 11.2. The molecule has 3 fully saturated rings. The van der Waals surface area contributed by atoms with Crippen molar-refractivity contribution >= 4 is 40.4 Å². The number of urea groups is 1. The van der Waals surface area contributed by atoms with Gasteiger partial charge in [0.25, 0.3) is 5.91 Å². The van der Waals surface area contributed by atoms with Crippen LogP contribution in [0.3, 0.4) is 0 Å². The summed E-state index contributed by atoms with van der Waals surface area (Å²) in [6, 6.07) is -0.173. The number of nitrogens with zero attached hydrogens (tertiary/aromatic N) is 2. The number of imide groups is 2. The Morgan fingerprint density at radius 1 is 1.24 bits per heavy atom. The number of aromatic nitrogens is 1. The lowest BCUT2D eigenvalue weighted by atomic mass is 9.66. The van der Waals surface area contributed by atoms with E-state index in [1.165, 1.54) is 0 Å². The van der Waals surface area contributed by atoms with E-state index in [1.807, 2.05) is 6.92 Å². The second-order valence-corrected chi connectivity index (χ2v) is 9.49. The molecule has 3 atom stereocenters. The molecule has 1 saturated carbocycles. The molecule has 1 aromatic carbocycles. The quantitative estimate of drug-likeness (QED) is 0.545. The second-order valence-electron chi connectivity index (χ2n) is 9.49. The van der Waals surface area contributed by atoms with E-state index in [4.69, 9.17) is 9.26 Å². The van der Waals surface area contributed by atoms with Crippen molar-refractivity contribution in [3.05, 3.63) is 23.1 Å². The molecular weight excluding hydrogens is 449 g/mol. The first-order valence-corrected chi connectivity index (χ1v) is 11.2. The van der Waals surface area contributed by atoms with Crippen molar-refractivity contribution in [2.45, 2.75) is 57.4 Å². The van der Waals surface area contributed by atoms with E-state index in [2.05, 4.69) is 21.1 Å². The van der Waals surface area contributed by atoms with Gasteiger partial charge in [-0.05, 0) is 38.3 Å². The molecule has 178 valence electrons. The molecule has 0 bridgehead atoms. The van der Waals surface area contributed by atoms with Gasteiger partial charge < -0.3 is 19.5 Å². The fourth-order valence-corrected chi connectivity index (χ4v) is 5.59. The Kier molecular flexibility index (Phi) is 4.32. The topological polar surface area (TPSA) is 143 Å².